The first-order chi connectivity index (χ1) is 12.6. The minimum atomic E-state index is 0.0295. The van der Waals surface area contributed by atoms with Crippen LogP contribution in [-0.2, 0) is 6.61 Å². The van der Waals surface area contributed by atoms with E-state index in [0.29, 0.717) is 12.6 Å². The highest BCUT2D eigenvalue weighted by Gasteiger charge is 2.17. The van der Waals surface area contributed by atoms with Crippen molar-refractivity contribution in [2.24, 2.45) is 0 Å². The number of hydrogen-bond donors (Lipinski definition) is 1. The van der Waals surface area contributed by atoms with E-state index in [1.165, 1.54) is 25.7 Å². The van der Waals surface area contributed by atoms with Crippen LogP contribution in [0.1, 0.15) is 65.6 Å². The van der Waals surface area contributed by atoms with Gasteiger partial charge in [-0.15, -0.1) is 0 Å². The molecule has 0 radical (unpaired) electrons. The maximum absolute atomic E-state index is 12.7. The van der Waals surface area contributed by atoms with E-state index in [0.717, 1.165) is 40.8 Å². The van der Waals surface area contributed by atoms with E-state index in [-0.39, 0.29) is 5.91 Å². The van der Waals surface area contributed by atoms with Crippen LogP contribution in [0.15, 0.2) is 36.7 Å². The number of nitrogens with zero attached hydrogens (tertiary/aromatic N) is 1. The molecule has 0 atom stereocenters. The van der Waals surface area contributed by atoms with Gasteiger partial charge in [0.15, 0.2) is 0 Å². The molecule has 3 rings (SSSR count). The summed E-state index contributed by atoms with van der Waals surface area (Å²) in [5.41, 5.74) is 3.72. The minimum Gasteiger partial charge on any atom is -0.488 e. The largest absolute Gasteiger partial charge is 0.488 e. The van der Waals surface area contributed by atoms with Crippen molar-refractivity contribution in [2.75, 3.05) is 0 Å². The molecule has 1 aliphatic rings. The second-order valence-electron chi connectivity index (χ2n) is 7.25. The Labute approximate surface area is 156 Å². The van der Waals surface area contributed by atoms with Crippen molar-refractivity contribution in [3.63, 3.8) is 0 Å². The van der Waals surface area contributed by atoms with E-state index >= 15 is 0 Å². The fraction of sp³-hybridized carbons (Fsp3) is 0.455. The molecule has 1 N–H and O–H groups in total. The summed E-state index contributed by atoms with van der Waals surface area (Å²) in [4.78, 5) is 16.8. The molecule has 2 aromatic rings. The van der Waals surface area contributed by atoms with E-state index in [1.807, 2.05) is 38.1 Å². The van der Waals surface area contributed by atoms with Crippen molar-refractivity contribution in [3.05, 3.63) is 58.9 Å². The van der Waals surface area contributed by atoms with Gasteiger partial charge in [-0.1, -0.05) is 31.7 Å². The lowest BCUT2D eigenvalue weighted by molar-refractivity contribution is 0.0933. The van der Waals surface area contributed by atoms with Crippen LogP contribution in [0.4, 0.5) is 0 Å². The van der Waals surface area contributed by atoms with E-state index in [9.17, 15) is 4.79 Å². The normalized spacial score (nSPS) is 15.3. The molecule has 4 nitrogen and oxygen atoms in total. The molecule has 0 bridgehead atoms. The fourth-order valence-electron chi connectivity index (χ4n) is 3.64. The predicted molar refractivity (Wildman–Crippen MR) is 103 cm³/mol. The highest BCUT2D eigenvalue weighted by atomic mass is 16.5. The average Bonchev–Trinajstić information content (AvgIpc) is 2.90. The Bertz CT molecular complexity index is 712. The summed E-state index contributed by atoms with van der Waals surface area (Å²) in [7, 11) is 0. The van der Waals surface area contributed by atoms with Gasteiger partial charge < -0.3 is 10.1 Å². The zero-order valence-electron chi connectivity index (χ0n) is 15.8. The van der Waals surface area contributed by atoms with Crippen molar-refractivity contribution in [1.29, 1.82) is 0 Å². The maximum Gasteiger partial charge on any atom is 0.251 e. The highest BCUT2D eigenvalue weighted by molar-refractivity contribution is 5.95. The molecule has 1 aromatic heterocycles. The summed E-state index contributed by atoms with van der Waals surface area (Å²) in [6.07, 6.45) is 10.7. The van der Waals surface area contributed by atoms with Crippen LogP contribution in [0.5, 0.6) is 5.75 Å². The van der Waals surface area contributed by atoms with Gasteiger partial charge >= 0.3 is 0 Å². The number of aryl methyl sites for hydroxylation is 2. The minimum absolute atomic E-state index is 0.0295. The SMILES string of the molecule is Cc1cc(C(=O)NC2CCCCCC2)cc(C)c1OCc1cccnc1. The first-order valence-electron chi connectivity index (χ1n) is 9.57. The molecule has 0 spiro atoms. The topological polar surface area (TPSA) is 51.2 Å². The summed E-state index contributed by atoms with van der Waals surface area (Å²) in [6, 6.07) is 8.06. The number of aromatic nitrogens is 1. The summed E-state index contributed by atoms with van der Waals surface area (Å²) in [5, 5.41) is 3.22. The molecule has 138 valence electrons. The van der Waals surface area contributed by atoms with Crippen LogP contribution >= 0.6 is 0 Å². The van der Waals surface area contributed by atoms with E-state index in [4.69, 9.17) is 4.74 Å². The van der Waals surface area contributed by atoms with Gasteiger partial charge in [-0.2, -0.15) is 0 Å². The Morgan fingerprint density at radius 3 is 2.46 bits per heavy atom. The second-order valence-corrected chi connectivity index (χ2v) is 7.25. The molecular weight excluding hydrogens is 324 g/mol. The van der Waals surface area contributed by atoms with Gasteiger partial charge in [-0.05, 0) is 56.0 Å². The zero-order valence-corrected chi connectivity index (χ0v) is 15.8. The molecule has 4 heteroatoms. The number of benzene rings is 1. The number of pyridine rings is 1. The van der Waals surface area contributed by atoms with Crippen LogP contribution in [0.25, 0.3) is 0 Å². The van der Waals surface area contributed by atoms with E-state index in [1.54, 1.807) is 12.4 Å². The lowest BCUT2D eigenvalue weighted by atomic mass is 10.0. The Morgan fingerprint density at radius 1 is 1.15 bits per heavy atom. The second kappa shape index (κ2) is 8.84. The number of rotatable bonds is 5. The molecule has 1 fully saturated rings. The molecule has 1 heterocycles. The lowest BCUT2D eigenvalue weighted by Crippen LogP contribution is -2.34. The molecule has 0 saturated heterocycles. The molecule has 1 aromatic carbocycles. The first kappa shape index (κ1) is 18.4. The molecular formula is C22H28N2O2. The van der Waals surface area contributed by atoms with Crippen LogP contribution in [0.2, 0.25) is 0 Å². The summed E-state index contributed by atoms with van der Waals surface area (Å²) in [5.74, 6) is 0.877. The van der Waals surface area contributed by atoms with Crippen molar-refractivity contribution in [1.82, 2.24) is 10.3 Å². The van der Waals surface area contributed by atoms with E-state index < -0.39 is 0 Å². The van der Waals surface area contributed by atoms with Crippen molar-refractivity contribution >= 4 is 5.91 Å². The molecule has 26 heavy (non-hydrogen) atoms. The number of amides is 1. The highest BCUT2D eigenvalue weighted by Crippen LogP contribution is 2.26. The maximum atomic E-state index is 12.7. The first-order valence-corrected chi connectivity index (χ1v) is 9.57. The Kier molecular flexibility index (Phi) is 6.26. The Hall–Kier alpha value is -2.36. The molecule has 1 amide bonds. The quantitative estimate of drug-likeness (QED) is 0.792. The average molecular weight is 352 g/mol. The van der Waals surface area contributed by atoms with Gasteiger partial charge in [0.05, 0.1) is 0 Å². The predicted octanol–water partition coefficient (Wildman–Crippen LogP) is 4.73. The monoisotopic (exact) mass is 352 g/mol. The standard InChI is InChI=1S/C22H28N2O2/c1-16-12-19(22(25)24-20-9-5-3-4-6-10-20)13-17(2)21(16)26-15-18-8-7-11-23-14-18/h7-8,11-14,20H,3-6,9-10,15H2,1-2H3,(H,24,25). The van der Waals surface area contributed by atoms with Gasteiger partial charge in [0.25, 0.3) is 5.91 Å². The molecule has 1 aliphatic carbocycles. The Morgan fingerprint density at radius 2 is 1.85 bits per heavy atom. The third kappa shape index (κ3) is 4.84. The lowest BCUT2D eigenvalue weighted by Gasteiger charge is -2.18. The van der Waals surface area contributed by atoms with E-state index in [2.05, 4.69) is 10.3 Å². The summed E-state index contributed by atoms with van der Waals surface area (Å²) in [6.45, 7) is 4.46. The van der Waals surface area contributed by atoms with Gasteiger partial charge in [0.2, 0.25) is 0 Å². The number of carbonyl (C=O) groups is 1. The van der Waals surface area contributed by atoms with Crippen LogP contribution in [0.3, 0.4) is 0 Å². The third-order valence-electron chi connectivity index (χ3n) is 5.02. The number of ether oxygens (including phenoxy) is 1. The van der Waals surface area contributed by atoms with Crippen LogP contribution in [0, 0.1) is 13.8 Å². The fourth-order valence-corrected chi connectivity index (χ4v) is 3.64. The Balaban J connectivity index is 1.66. The van der Waals surface area contributed by atoms with Gasteiger partial charge in [-0.25, -0.2) is 0 Å². The van der Waals surface area contributed by atoms with Crippen LogP contribution < -0.4 is 10.1 Å². The number of nitrogens with one attached hydrogen (secondary N) is 1. The number of carbonyl (C=O) groups excluding carboxylic acids is 1. The van der Waals surface area contributed by atoms with Gasteiger partial charge in [-0.3, -0.25) is 9.78 Å². The zero-order chi connectivity index (χ0) is 18.4. The number of hydrogen-bond acceptors (Lipinski definition) is 3. The van der Waals surface area contributed by atoms with Crippen molar-refractivity contribution in [3.8, 4) is 5.75 Å². The summed E-state index contributed by atoms with van der Waals surface area (Å²) < 4.78 is 5.98. The molecule has 0 unspecified atom stereocenters. The molecule has 0 aliphatic heterocycles. The smallest absolute Gasteiger partial charge is 0.251 e. The van der Waals surface area contributed by atoms with Crippen molar-refractivity contribution in [2.45, 2.75) is 65.0 Å². The van der Waals surface area contributed by atoms with Gasteiger partial charge in [0, 0.05) is 29.6 Å². The van der Waals surface area contributed by atoms with Gasteiger partial charge in [0.1, 0.15) is 12.4 Å². The van der Waals surface area contributed by atoms with Crippen LogP contribution in [-0.4, -0.2) is 16.9 Å². The molecule has 1 saturated carbocycles. The third-order valence-corrected chi connectivity index (χ3v) is 5.02. The van der Waals surface area contributed by atoms with Crippen molar-refractivity contribution < 1.29 is 9.53 Å². The summed E-state index contributed by atoms with van der Waals surface area (Å²) >= 11 is 0.